The minimum absolute atomic E-state index is 0.236. The molecule has 0 atom stereocenters. The van der Waals surface area contributed by atoms with Crippen LogP contribution in [0.1, 0.15) is 31.3 Å². The number of hydrogen-bond donors (Lipinski definition) is 0. The average molecular weight is 372 g/mol. The van der Waals surface area contributed by atoms with Crippen LogP contribution in [0.15, 0.2) is 18.2 Å². The summed E-state index contributed by atoms with van der Waals surface area (Å²) in [6, 6.07) is 5.41. The van der Waals surface area contributed by atoms with Crippen LogP contribution in [-0.4, -0.2) is 27.8 Å². The molecule has 0 saturated heterocycles. The highest BCUT2D eigenvalue weighted by Crippen LogP contribution is 2.21. The van der Waals surface area contributed by atoms with Gasteiger partial charge in [-0.2, -0.15) is 9.78 Å². The zero-order valence-electron chi connectivity index (χ0n) is 10.8. The van der Waals surface area contributed by atoms with Crippen LogP contribution in [0, 0.1) is 3.57 Å². The summed E-state index contributed by atoms with van der Waals surface area (Å²) in [5.41, 5.74) is 0.191. The number of fused-ring (bicyclic) bond motifs is 1. The van der Waals surface area contributed by atoms with Crippen molar-refractivity contribution >= 4 is 45.9 Å². The molecule has 0 saturated carbocycles. The van der Waals surface area contributed by atoms with E-state index in [2.05, 4.69) is 27.7 Å². The number of aromatic nitrogens is 2. The second-order valence-electron chi connectivity index (χ2n) is 5.06. The van der Waals surface area contributed by atoms with Gasteiger partial charge in [0.2, 0.25) is 0 Å². The van der Waals surface area contributed by atoms with Crippen LogP contribution in [0.4, 0.5) is 4.79 Å². The van der Waals surface area contributed by atoms with Crippen molar-refractivity contribution in [1.29, 1.82) is 0 Å². The van der Waals surface area contributed by atoms with Crippen LogP contribution in [0.25, 0.3) is 10.9 Å². The Hall–Kier alpha value is -1.44. The molecule has 0 radical (unpaired) electrons. The van der Waals surface area contributed by atoms with Crippen molar-refractivity contribution in [3.63, 3.8) is 0 Å². The number of hydrogen-bond acceptors (Lipinski definition) is 4. The van der Waals surface area contributed by atoms with Gasteiger partial charge in [0, 0.05) is 8.96 Å². The lowest BCUT2D eigenvalue weighted by Crippen LogP contribution is -2.27. The first kappa shape index (κ1) is 14.0. The molecule has 0 aliphatic carbocycles. The highest BCUT2D eigenvalue weighted by Gasteiger charge is 2.21. The van der Waals surface area contributed by atoms with Crippen molar-refractivity contribution < 1.29 is 14.3 Å². The molecule has 1 aromatic heterocycles. The Morgan fingerprint density at radius 2 is 2.11 bits per heavy atom. The Labute approximate surface area is 124 Å². The van der Waals surface area contributed by atoms with Crippen LogP contribution in [-0.2, 0) is 4.74 Å². The fourth-order valence-electron chi connectivity index (χ4n) is 1.64. The molecular weight excluding hydrogens is 359 g/mol. The highest BCUT2D eigenvalue weighted by molar-refractivity contribution is 14.1. The number of nitrogens with zero attached hydrogens (tertiary/aromatic N) is 2. The molecule has 100 valence electrons. The molecule has 0 N–H and O–H groups in total. The standard InChI is InChI=1S/C13H13IN2O3/c1-13(2,3)19-12(18)16-11-5-4-8(14)6-9(11)10(7-17)15-16/h4-7H,1-3H3. The largest absolute Gasteiger partial charge is 0.442 e. The predicted molar refractivity (Wildman–Crippen MR) is 79.5 cm³/mol. The van der Waals surface area contributed by atoms with Gasteiger partial charge in [0.25, 0.3) is 0 Å². The third kappa shape index (κ3) is 2.94. The maximum atomic E-state index is 12.0. The van der Waals surface area contributed by atoms with Crippen LogP contribution in [0.3, 0.4) is 0 Å². The Morgan fingerprint density at radius 1 is 1.42 bits per heavy atom. The number of rotatable bonds is 1. The van der Waals surface area contributed by atoms with Crippen molar-refractivity contribution in [2.75, 3.05) is 0 Å². The van der Waals surface area contributed by atoms with Crippen molar-refractivity contribution in [2.24, 2.45) is 0 Å². The van der Waals surface area contributed by atoms with E-state index in [0.29, 0.717) is 17.2 Å². The SMILES string of the molecule is CC(C)(C)OC(=O)n1nc(C=O)c2cc(I)ccc21. The molecular formula is C13H13IN2O3. The smallest absolute Gasteiger partial charge is 0.435 e. The monoisotopic (exact) mass is 372 g/mol. The first-order valence-corrected chi connectivity index (χ1v) is 6.76. The van der Waals surface area contributed by atoms with Crippen LogP contribution in [0.2, 0.25) is 0 Å². The molecule has 5 nitrogen and oxygen atoms in total. The lowest BCUT2D eigenvalue weighted by molar-refractivity contribution is 0.0522. The lowest BCUT2D eigenvalue weighted by atomic mass is 10.2. The van der Waals surface area contributed by atoms with E-state index in [1.54, 1.807) is 26.8 Å². The maximum absolute atomic E-state index is 12.0. The molecule has 0 fully saturated rings. The number of aldehydes is 1. The average Bonchev–Trinajstić information content (AvgIpc) is 2.64. The Kier molecular flexibility index (Phi) is 3.62. The number of ether oxygens (including phenoxy) is 1. The third-order valence-corrected chi connectivity index (χ3v) is 3.02. The number of benzene rings is 1. The molecule has 1 aromatic carbocycles. The molecule has 1 heterocycles. The lowest BCUT2D eigenvalue weighted by Gasteiger charge is -2.19. The van der Waals surface area contributed by atoms with E-state index in [1.807, 2.05) is 12.1 Å². The topological polar surface area (TPSA) is 61.2 Å². The van der Waals surface area contributed by atoms with Gasteiger partial charge < -0.3 is 4.74 Å². The molecule has 2 rings (SSSR count). The molecule has 2 aromatic rings. The summed E-state index contributed by atoms with van der Waals surface area (Å²) in [6.45, 7) is 5.33. The van der Waals surface area contributed by atoms with E-state index >= 15 is 0 Å². The third-order valence-electron chi connectivity index (χ3n) is 2.35. The van der Waals surface area contributed by atoms with Gasteiger partial charge in [-0.3, -0.25) is 4.79 Å². The molecule has 0 bridgehead atoms. The molecule has 0 unspecified atom stereocenters. The van der Waals surface area contributed by atoms with Crippen molar-refractivity contribution in [1.82, 2.24) is 9.78 Å². The summed E-state index contributed by atoms with van der Waals surface area (Å²) in [7, 11) is 0. The minimum atomic E-state index is -0.611. The predicted octanol–water partition coefficient (Wildman–Crippen LogP) is 3.24. The van der Waals surface area contributed by atoms with E-state index in [9.17, 15) is 9.59 Å². The summed E-state index contributed by atoms with van der Waals surface area (Å²) in [6.07, 6.45) is 0.0473. The van der Waals surface area contributed by atoms with Crippen LogP contribution >= 0.6 is 22.6 Å². The van der Waals surface area contributed by atoms with Crippen molar-refractivity contribution in [3.05, 3.63) is 27.5 Å². The van der Waals surface area contributed by atoms with Crippen molar-refractivity contribution in [2.45, 2.75) is 26.4 Å². The molecule has 0 spiro atoms. The molecule has 0 aliphatic heterocycles. The van der Waals surface area contributed by atoms with E-state index < -0.39 is 11.7 Å². The van der Waals surface area contributed by atoms with Gasteiger partial charge >= 0.3 is 6.09 Å². The quantitative estimate of drug-likeness (QED) is 0.570. The van der Waals surface area contributed by atoms with Gasteiger partial charge in [0.15, 0.2) is 6.29 Å². The zero-order valence-corrected chi connectivity index (χ0v) is 13.0. The normalized spacial score (nSPS) is 11.6. The summed E-state index contributed by atoms with van der Waals surface area (Å²) in [5, 5.41) is 4.65. The zero-order chi connectivity index (χ0) is 14.2. The fraction of sp³-hybridized carbons (Fsp3) is 0.308. The Balaban J connectivity index is 2.55. The van der Waals surface area contributed by atoms with E-state index in [-0.39, 0.29) is 5.69 Å². The van der Waals surface area contributed by atoms with Crippen LogP contribution in [0.5, 0.6) is 0 Å². The Morgan fingerprint density at radius 3 is 2.68 bits per heavy atom. The van der Waals surface area contributed by atoms with Gasteiger partial charge in [0.1, 0.15) is 11.3 Å². The van der Waals surface area contributed by atoms with Crippen LogP contribution < -0.4 is 0 Å². The highest BCUT2D eigenvalue weighted by atomic mass is 127. The summed E-state index contributed by atoms with van der Waals surface area (Å²) in [5.74, 6) is 0. The molecule has 6 heteroatoms. The molecule has 0 amide bonds. The summed E-state index contributed by atoms with van der Waals surface area (Å²) < 4.78 is 7.36. The second-order valence-corrected chi connectivity index (χ2v) is 6.30. The van der Waals surface area contributed by atoms with Gasteiger partial charge in [-0.25, -0.2) is 4.79 Å². The first-order chi connectivity index (χ1) is 8.81. The molecule has 19 heavy (non-hydrogen) atoms. The number of carbonyl (C=O) groups excluding carboxylic acids is 2. The number of halogens is 1. The summed E-state index contributed by atoms with van der Waals surface area (Å²) in [4.78, 5) is 23.1. The van der Waals surface area contributed by atoms with E-state index in [1.165, 1.54) is 0 Å². The fourth-order valence-corrected chi connectivity index (χ4v) is 2.14. The van der Waals surface area contributed by atoms with Crippen molar-refractivity contribution in [3.8, 4) is 0 Å². The van der Waals surface area contributed by atoms with Gasteiger partial charge in [-0.15, -0.1) is 0 Å². The maximum Gasteiger partial charge on any atom is 0.435 e. The van der Waals surface area contributed by atoms with Gasteiger partial charge in [-0.1, -0.05) is 0 Å². The molecule has 0 aliphatic rings. The van der Waals surface area contributed by atoms with Gasteiger partial charge in [-0.05, 0) is 61.6 Å². The van der Waals surface area contributed by atoms with Gasteiger partial charge in [0.05, 0.1) is 5.52 Å². The minimum Gasteiger partial charge on any atom is -0.442 e. The summed E-state index contributed by atoms with van der Waals surface area (Å²) >= 11 is 2.14. The number of carbonyl (C=O) groups is 2. The van der Waals surface area contributed by atoms with E-state index in [0.717, 1.165) is 8.25 Å². The van der Waals surface area contributed by atoms with E-state index in [4.69, 9.17) is 4.74 Å². The second kappa shape index (κ2) is 4.92. The Bertz CT molecular complexity index is 656. The first-order valence-electron chi connectivity index (χ1n) is 5.68.